The van der Waals surface area contributed by atoms with E-state index in [4.69, 9.17) is 12.2 Å². The zero-order valence-electron chi connectivity index (χ0n) is 13.9. The fourth-order valence-corrected chi connectivity index (χ4v) is 3.31. The van der Waals surface area contributed by atoms with Crippen molar-refractivity contribution in [3.05, 3.63) is 59.1 Å². The number of pyridine rings is 1. The molecule has 4 rings (SSSR count). The van der Waals surface area contributed by atoms with Crippen LogP contribution >= 0.6 is 12.2 Å². The SMILES string of the molecule is S=c1[nH]nc(-c2ccncc2)n1NCc1ccc(N2CCCC2)cc1. The number of hydrogen-bond acceptors (Lipinski definition) is 5. The molecule has 1 aliphatic heterocycles. The fourth-order valence-electron chi connectivity index (χ4n) is 3.11. The Morgan fingerprint density at radius 2 is 1.76 bits per heavy atom. The molecule has 7 heteroatoms. The van der Waals surface area contributed by atoms with Crippen LogP contribution in [0, 0.1) is 4.77 Å². The van der Waals surface area contributed by atoms with Gasteiger partial charge in [-0.1, -0.05) is 12.1 Å². The lowest BCUT2D eigenvalue weighted by Gasteiger charge is -2.18. The molecule has 128 valence electrons. The first-order valence-electron chi connectivity index (χ1n) is 8.47. The van der Waals surface area contributed by atoms with Gasteiger partial charge in [0.05, 0.1) is 6.54 Å². The molecule has 0 atom stereocenters. The number of aromatic amines is 1. The average molecular weight is 352 g/mol. The molecule has 1 aromatic carbocycles. The largest absolute Gasteiger partial charge is 0.372 e. The summed E-state index contributed by atoms with van der Waals surface area (Å²) in [5, 5.41) is 7.16. The van der Waals surface area contributed by atoms with Crippen LogP contribution in [-0.2, 0) is 6.54 Å². The van der Waals surface area contributed by atoms with Gasteiger partial charge >= 0.3 is 0 Å². The molecule has 2 N–H and O–H groups in total. The molecule has 25 heavy (non-hydrogen) atoms. The zero-order chi connectivity index (χ0) is 17.1. The summed E-state index contributed by atoms with van der Waals surface area (Å²) in [5.41, 5.74) is 6.81. The number of hydrogen-bond donors (Lipinski definition) is 2. The monoisotopic (exact) mass is 352 g/mol. The van der Waals surface area contributed by atoms with E-state index in [0.717, 1.165) is 24.5 Å². The van der Waals surface area contributed by atoms with Gasteiger partial charge in [0.15, 0.2) is 5.82 Å². The third kappa shape index (κ3) is 3.41. The maximum absolute atomic E-state index is 5.34. The van der Waals surface area contributed by atoms with E-state index in [-0.39, 0.29) is 0 Å². The molecule has 1 aliphatic rings. The highest BCUT2D eigenvalue weighted by Gasteiger charge is 2.12. The fraction of sp³-hybridized carbons (Fsp3) is 0.278. The van der Waals surface area contributed by atoms with Crippen molar-refractivity contribution in [1.29, 1.82) is 0 Å². The number of benzene rings is 1. The van der Waals surface area contributed by atoms with E-state index < -0.39 is 0 Å². The van der Waals surface area contributed by atoms with Gasteiger partial charge in [-0.3, -0.25) is 4.98 Å². The minimum absolute atomic E-state index is 0.542. The van der Waals surface area contributed by atoms with Gasteiger partial charge < -0.3 is 10.3 Å². The first-order chi connectivity index (χ1) is 12.3. The average Bonchev–Trinajstić information content (AvgIpc) is 3.31. The molecule has 1 saturated heterocycles. The summed E-state index contributed by atoms with van der Waals surface area (Å²) in [7, 11) is 0. The van der Waals surface area contributed by atoms with Crippen LogP contribution in [0.2, 0.25) is 0 Å². The van der Waals surface area contributed by atoms with Crippen LogP contribution in [0.15, 0.2) is 48.8 Å². The van der Waals surface area contributed by atoms with Crippen molar-refractivity contribution in [2.24, 2.45) is 0 Å². The van der Waals surface area contributed by atoms with Crippen molar-refractivity contribution in [1.82, 2.24) is 19.9 Å². The van der Waals surface area contributed by atoms with Gasteiger partial charge in [0, 0.05) is 36.7 Å². The predicted octanol–water partition coefficient (Wildman–Crippen LogP) is 3.35. The van der Waals surface area contributed by atoms with E-state index in [1.165, 1.54) is 24.1 Å². The first-order valence-corrected chi connectivity index (χ1v) is 8.88. The predicted molar refractivity (Wildman–Crippen MR) is 102 cm³/mol. The summed E-state index contributed by atoms with van der Waals surface area (Å²) >= 11 is 5.34. The van der Waals surface area contributed by atoms with Crippen molar-refractivity contribution < 1.29 is 0 Å². The molecule has 0 unspecified atom stereocenters. The molecule has 1 fully saturated rings. The minimum Gasteiger partial charge on any atom is -0.372 e. The molecular weight excluding hydrogens is 332 g/mol. The summed E-state index contributed by atoms with van der Waals surface area (Å²) < 4.78 is 2.35. The van der Waals surface area contributed by atoms with Gasteiger partial charge in [-0.05, 0) is 54.9 Å². The quantitative estimate of drug-likeness (QED) is 0.690. The van der Waals surface area contributed by atoms with E-state index in [2.05, 4.69) is 49.8 Å². The van der Waals surface area contributed by atoms with Gasteiger partial charge in [0.25, 0.3) is 0 Å². The summed E-state index contributed by atoms with van der Waals surface area (Å²) in [6.45, 7) is 3.00. The number of anilines is 1. The maximum Gasteiger partial charge on any atom is 0.214 e. The standard InChI is InChI=1S/C18H20N6S/c25-18-22-21-17(15-7-9-19-10-8-15)24(18)20-13-14-3-5-16(6-4-14)23-11-1-2-12-23/h3-10,20H,1-2,11-13H2,(H,22,25). The number of nitrogens with one attached hydrogen (secondary N) is 2. The van der Waals surface area contributed by atoms with Crippen molar-refractivity contribution in [3.63, 3.8) is 0 Å². The lowest BCUT2D eigenvalue weighted by atomic mass is 10.2. The second-order valence-corrected chi connectivity index (χ2v) is 6.51. The lowest BCUT2D eigenvalue weighted by molar-refractivity contribution is 0.831. The van der Waals surface area contributed by atoms with Crippen LogP contribution in [-0.4, -0.2) is 32.9 Å². The molecular formula is C18H20N6S. The smallest absolute Gasteiger partial charge is 0.214 e. The normalized spacial score (nSPS) is 14.0. The Kier molecular flexibility index (Phi) is 4.47. The Hall–Kier alpha value is -2.67. The number of aromatic nitrogens is 4. The molecule has 0 spiro atoms. The Bertz CT molecular complexity index is 878. The number of nitrogens with zero attached hydrogens (tertiary/aromatic N) is 4. The summed E-state index contributed by atoms with van der Waals surface area (Å²) in [6.07, 6.45) is 6.07. The summed E-state index contributed by atoms with van der Waals surface area (Å²) in [5.74, 6) is 0.751. The number of H-pyrrole nitrogens is 1. The highest BCUT2D eigenvalue weighted by atomic mass is 32.1. The second-order valence-electron chi connectivity index (χ2n) is 6.12. The Morgan fingerprint density at radius 3 is 2.48 bits per heavy atom. The van der Waals surface area contributed by atoms with Crippen LogP contribution in [0.4, 0.5) is 5.69 Å². The lowest BCUT2D eigenvalue weighted by Crippen LogP contribution is -2.18. The highest BCUT2D eigenvalue weighted by Crippen LogP contribution is 2.20. The minimum atomic E-state index is 0.542. The molecule has 0 bridgehead atoms. The topological polar surface area (TPSA) is 61.8 Å². The van der Waals surface area contributed by atoms with Gasteiger partial charge in [0.1, 0.15) is 0 Å². The Morgan fingerprint density at radius 1 is 1.04 bits per heavy atom. The van der Waals surface area contributed by atoms with Crippen molar-refractivity contribution in [2.45, 2.75) is 19.4 Å². The Balaban J connectivity index is 1.48. The van der Waals surface area contributed by atoms with Gasteiger partial charge in [-0.2, -0.15) is 5.10 Å². The van der Waals surface area contributed by atoms with E-state index >= 15 is 0 Å². The second kappa shape index (κ2) is 7.06. The van der Waals surface area contributed by atoms with Crippen LogP contribution in [0.1, 0.15) is 18.4 Å². The Labute approximate surface area is 151 Å². The first kappa shape index (κ1) is 15.8. The van der Waals surface area contributed by atoms with Gasteiger partial charge in [-0.15, -0.1) is 0 Å². The number of rotatable bonds is 5. The molecule has 6 nitrogen and oxygen atoms in total. The van der Waals surface area contributed by atoms with Gasteiger partial charge in [0.2, 0.25) is 4.77 Å². The maximum atomic E-state index is 5.34. The molecule has 0 amide bonds. The molecule has 2 aromatic heterocycles. The third-order valence-electron chi connectivity index (χ3n) is 4.46. The zero-order valence-corrected chi connectivity index (χ0v) is 14.7. The highest BCUT2D eigenvalue weighted by molar-refractivity contribution is 7.71. The third-order valence-corrected chi connectivity index (χ3v) is 4.73. The molecule has 3 heterocycles. The van der Waals surface area contributed by atoms with Gasteiger partial charge in [-0.25, -0.2) is 9.77 Å². The molecule has 0 aliphatic carbocycles. The van der Waals surface area contributed by atoms with E-state index in [0.29, 0.717) is 11.3 Å². The van der Waals surface area contributed by atoms with Crippen LogP contribution in [0.25, 0.3) is 11.4 Å². The van der Waals surface area contributed by atoms with Crippen molar-refractivity contribution >= 4 is 17.9 Å². The van der Waals surface area contributed by atoms with E-state index in [9.17, 15) is 0 Å². The van der Waals surface area contributed by atoms with E-state index in [1.807, 2.05) is 12.1 Å². The molecule has 0 saturated carbocycles. The summed E-state index contributed by atoms with van der Waals surface area (Å²) in [6, 6.07) is 12.5. The summed E-state index contributed by atoms with van der Waals surface area (Å²) in [4.78, 5) is 6.48. The van der Waals surface area contributed by atoms with Crippen molar-refractivity contribution in [3.8, 4) is 11.4 Å². The van der Waals surface area contributed by atoms with E-state index in [1.54, 1.807) is 17.1 Å². The molecule has 0 radical (unpaired) electrons. The van der Waals surface area contributed by atoms with Crippen molar-refractivity contribution in [2.75, 3.05) is 23.4 Å². The van der Waals surface area contributed by atoms with Crippen LogP contribution < -0.4 is 10.3 Å². The molecule has 3 aromatic rings. The van der Waals surface area contributed by atoms with Crippen LogP contribution in [0.3, 0.4) is 0 Å². The van der Waals surface area contributed by atoms with Crippen LogP contribution in [0.5, 0.6) is 0 Å².